The maximum absolute atomic E-state index is 9.24. The number of rotatable bonds is 3. The van der Waals surface area contributed by atoms with Crippen LogP contribution in [-0.2, 0) is 0 Å². The predicted octanol–water partition coefficient (Wildman–Crippen LogP) is 0.320. The lowest BCUT2D eigenvalue weighted by atomic mass is 10.2. The van der Waals surface area contributed by atoms with Crippen molar-refractivity contribution < 1.29 is 19.7 Å². The van der Waals surface area contributed by atoms with Crippen molar-refractivity contribution in [3.63, 3.8) is 0 Å². The third-order valence-electron chi connectivity index (χ3n) is 1.44. The molecule has 0 amide bonds. The molecule has 0 bridgehead atoms. The van der Waals surface area contributed by atoms with Gasteiger partial charge in [-0.2, -0.15) is 0 Å². The molecular formula is C7H9ClO4. The minimum Gasteiger partial charge on any atom is -0.447 e. The van der Waals surface area contributed by atoms with Crippen LogP contribution in [0.4, 0.5) is 0 Å². The molecule has 12 heavy (non-hydrogen) atoms. The number of hydrogen-bond acceptors (Lipinski definition) is 4. The van der Waals surface area contributed by atoms with Crippen LogP contribution in [-0.4, -0.2) is 28.0 Å². The Balaban J connectivity index is 2.70. The number of aliphatic hydroxyl groups is 3. The first-order valence-corrected chi connectivity index (χ1v) is 3.75. The van der Waals surface area contributed by atoms with Gasteiger partial charge in [0, 0.05) is 0 Å². The van der Waals surface area contributed by atoms with Gasteiger partial charge in [0.1, 0.15) is 18.0 Å². The van der Waals surface area contributed by atoms with E-state index in [0.717, 1.165) is 0 Å². The highest BCUT2D eigenvalue weighted by molar-refractivity contribution is 6.28. The maximum atomic E-state index is 9.24. The van der Waals surface area contributed by atoms with E-state index in [-0.39, 0.29) is 11.0 Å². The summed E-state index contributed by atoms with van der Waals surface area (Å²) >= 11 is 5.43. The molecule has 68 valence electrons. The zero-order valence-electron chi connectivity index (χ0n) is 6.14. The maximum Gasteiger partial charge on any atom is 0.193 e. The fraction of sp³-hybridized carbons (Fsp3) is 0.429. The van der Waals surface area contributed by atoms with Gasteiger partial charge in [0.2, 0.25) is 0 Å². The fourth-order valence-electron chi connectivity index (χ4n) is 0.777. The van der Waals surface area contributed by atoms with E-state index in [1.807, 2.05) is 0 Å². The molecule has 2 unspecified atom stereocenters. The predicted molar refractivity (Wildman–Crippen MR) is 41.8 cm³/mol. The first kappa shape index (κ1) is 9.54. The molecule has 1 rings (SSSR count). The van der Waals surface area contributed by atoms with Gasteiger partial charge in [0.05, 0.1) is 6.61 Å². The van der Waals surface area contributed by atoms with Crippen molar-refractivity contribution in [1.82, 2.24) is 0 Å². The normalized spacial score (nSPS) is 16.0. The minimum atomic E-state index is -1.24. The number of hydrogen-bond donors (Lipinski definition) is 3. The lowest BCUT2D eigenvalue weighted by molar-refractivity contribution is -0.0251. The van der Waals surface area contributed by atoms with Gasteiger partial charge in [-0.05, 0) is 23.7 Å². The average molecular weight is 193 g/mol. The summed E-state index contributed by atoms with van der Waals surface area (Å²) in [5.41, 5.74) is 0. The van der Waals surface area contributed by atoms with Gasteiger partial charge in [0.25, 0.3) is 0 Å². The second-order valence-electron chi connectivity index (χ2n) is 2.34. The molecule has 0 aliphatic heterocycles. The second kappa shape index (κ2) is 3.91. The zero-order chi connectivity index (χ0) is 9.14. The van der Waals surface area contributed by atoms with E-state index in [1.165, 1.54) is 12.1 Å². The molecule has 3 N–H and O–H groups in total. The van der Waals surface area contributed by atoms with Crippen LogP contribution in [0, 0.1) is 0 Å². The Morgan fingerprint density at radius 2 is 2.08 bits per heavy atom. The summed E-state index contributed by atoms with van der Waals surface area (Å²) in [4.78, 5) is 0. The van der Waals surface area contributed by atoms with E-state index in [0.29, 0.717) is 0 Å². The largest absolute Gasteiger partial charge is 0.447 e. The Kier molecular flexibility index (Phi) is 3.11. The average Bonchev–Trinajstić information content (AvgIpc) is 2.49. The third-order valence-corrected chi connectivity index (χ3v) is 1.64. The smallest absolute Gasteiger partial charge is 0.193 e. The van der Waals surface area contributed by atoms with E-state index < -0.39 is 18.8 Å². The first-order chi connectivity index (χ1) is 5.65. The van der Waals surface area contributed by atoms with E-state index >= 15 is 0 Å². The van der Waals surface area contributed by atoms with Crippen molar-refractivity contribution in [2.24, 2.45) is 0 Å². The third kappa shape index (κ3) is 1.98. The van der Waals surface area contributed by atoms with Crippen molar-refractivity contribution in [2.75, 3.05) is 6.61 Å². The summed E-state index contributed by atoms with van der Waals surface area (Å²) in [7, 11) is 0. The molecule has 0 saturated carbocycles. The van der Waals surface area contributed by atoms with Crippen molar-refractivity contribution in [2.45, 2.75) is 12.2 Å². The standard InChI is InChI=1S/C7H9ClO4/c8-6-2-1-5(12-6)7(11)4(10)3-9/h1-2,4,7,9-11H,3H2. The Morgan fingerprint density at radius 1 is 1.42 bits per heavy atom. The van der Waals surface area contributed by atoms with Crippen LogP contribution < -0.4 is 0 Å². The Hall–Kier alpha value is -0.550. The molecule has 0 fully saturated rings. The van der Waals surface area contributed by atoms with Gasteiger partial charge in [0.15, 0.2) is 5.22 Å². The van der Waals surface area contributed by atoms with Gasteiger partial charge >= 0.3 is 0 Å². The quantitative estimate of drug-likeness (QED) is 0.645. The highest BCUT2D eigenvalue weighted by Crippen LogP contribution is 2.21. The molecule has 0 saturated heterocycles. The molecule has 1 aromatic heterocycles. The summed E-state index contributed by atoms with van der Waals surface area (Å²) in [6, 6.07) is 2.89. The number of aliphatic hydroxyl groups excluding tert-OH is 3. The molecule has 1 aromatic rings. The molecule has 0 radical (unpaired) electrons. The van der Waals surface area contributed by atoms with Gasteiger partial charge in [-0.25, -0.2) is 0 Å². The molecule has 4 nitrogen and oxygen atoms in total. The molecule has 5 heteroatoms. The van der Waals surface area contributed by atoms with Gasteiger partial charge in [-0.3, -0.25) is 0 Å². The second-order valence-corrected chi connectivity index (χ2v) is 2.71. The minimum absolute atomic E-state index is 0.134. The summed E-state index contributed by atoms with van der Waals surface area (Å²) in [5, 5.41) is 26.8. The monoisotopic (exact) mass is 192 g/mol. The summed E-state index contributed by atoms with van der Waals surface area (Å²) < 4.78 is 4.81. The van der Waals surface area contributed by atoms with Crippen LogP contribution in [0.1, 0.15) is 11.9 Å². The highest BCUT2D eigenvalue weighted by atomic mass is 35.5. The van der Waals surface area contributed by atoms with Gasteiger partial charge in [-0.15, -0.1) is 0 Å². The Morgan fingerprint density at radius 3 is 2.50 bits per heavy atom. The van der Waals surface area contributed by atoms with Crippen LogP contribution in [0.15, 0.2) is 16.5 Å². The molecule has 2 atom stereocenters. The molecule has 0 aliphatic carbocycles. The van der Waals surface area contributed by atoms with E-state index in [9.17, 15) is 5.11 Å². The van der Waals surface area contributed by atoms with E-state index in [4.69, 9.17) is 26.2 Å². The van der Waals surface area contributed by atoms with Crippen LogP contribution in [0.2, 0.25) is 5.22 Å². The number of furan rings is 1. The molecule has 0 aliphatic rings. The summed E-state index contributed by atoms with van der Waals surface area (Å²) in [6.45, 7) is -0.528. The highest BCUT2D eigenvalue weighted by Gasteiger charge is 2.20. The van der Waals surface area contributed by atoms with Gasteiger partial charge in [-0.1, -0.05) is 0 Å². The number of halogens is 1. The van der Waals surface area contributed by atoms with Crippen LogP contribution in [0.3, 0.4) is 0 Å². The van der Waals surface area contributed by atoms with Crippen molar-refractivity contribution in [3.8, 4) is 0 Å². The zero-order valence-corrected chi connectivity index (χ0v) is 6.90. The topological polar surface area (TPSA) is 73.8 Å². The van der Waals surface area contributed by atoms with Crippen molar-refractivity contribution in [3.05, 3.63) is 23.1 Å². The van der Waals surface area contributed by atoms with Crippen molar-refractivity contribution in [1.29, 1.82) is 0 Å². The van der Waals surface area contributed by atoms with Crippen LogP contribution in [0.25, 0.3) is 0 Å². The Labute approximate surface area is 74.0 Å². The van der Waals surface area contributed by atoms with Crippen molar-refractivity contribution >= 4 is 11.6 Å². The van der Waals surface area contributed by atoms with Gasteiger partial charge < -0.3 is 19.7 Å². The van der Waals surface area contributed by atoms with E-state index in [2.05, 4.69) is 0 Å². The van der Waals surface area contributed by atoms with E-state index in [1.54, 1.807) is 0 Å². The molecular weight excluding hydrogens is 184 g/mol. The SMILES string of the molecule is OCC(O)C(O)c1ccc(Cl)o1. The molecule has 0 spiro atoms. The lowest BCUT2D eigenvalue weighted by Gasteiger charge is -2.12. The lowest BCUT2D eigenvalue weighted by Crippen LogP contribution is -2.21. The molecule has 1 heterocycles. The Bertz CT molecular complexity index is 247. The molecule has 0 aromatic carbocycles. The first-order valence-electron chi connectivity index (χ1n) is 3.37. The fourth-order valence-corrected chi connectivity index (χ4v) is 0.929. The van der Waals surface area contributed by atoms with Crippen LogP contribution in [0.5, 0.6) is 0 Å². The summed E-state index contributed by atoms with van der Waals surface area (Å²) in [5.74, 6) is 0.140. The van der Waals surface area contributed by atoms with Crippen LogP contribution >= 0.6 is 11.6 Å². The summed E-state index contributed by atoms with van der Waals surface area (Å²) in [6.07, 6.45) is -2.48.